The lowest BCUT2D eigenvalue weighted by Crippen LogP contribution is -2.24. The average Bonchev–Trinajstić information content (AvgIpc) is 2.40. The van der Waals surface area contributed by atoms with Gasteiger partial charge in [-0.25, -0.2) is 0 Å². The van der Waals surface area contributed by atoms with Crippen molar-refractivity contribution in [3.05, 3.63) is 77.2 Å². The second-order valence-electron chi connectivity index (χ2n) is 4.76. The molecule has 0 saturated carbocycles. The number of hydrogen-bond acceptors (Lipinski definition) is 0. The van der Waals surface area contributed by atoms with Crippen molar-refractivity contribution in [1.29, 1.82) is 0 Å². The van der Waals surface area contributed by atoms with Gasteiger partial charge in [0, 0.05) is 11.8 Å². The third-order valence-corrected chi connectivity index (χ3v) is 4.02. The van der Waals surface area contributed by atoms with Gasteiger partial charge in [-0.1, -0.05) is 48.5 Å². The van der Waals surface area contributed by atoms with Crippen LogP contribution in [0.15, 0.2) is 48.5 Å². The van der Waals surface area contributed by atoms with Crippen LogP contribution in [-0.4, -0.2) is 0 Å². The quantitative estimate of drug-likeness (QED) is 0.612. The number of rotatable bonds is 0. The summed E-state index contributed by atoms with van der Waals surface area (Å²) >= 11 is 0. The van der Waals surface area contributed by atoms with Crippen LogP contribution >= 0.6 is 0 Å². The third-order valence-electron chi connectivity index (χ3n) is 4.02. The molecule has 2 aromatic carbocycles. The molecule has 0 heterocycles. The largest absolute Gasteiger partial charge is 0.0620 e. The van der Waals surface area contributed by atoms with Crippen molar-refractivity contribution in [3.63, 3.8) is 0 Å². The molecule has 0 N–H and O–H groups in total. The van der Waals surface area contributed by atoms with Gasteiger partial charge >= 0.3 is 0 Å². The maximum absolute atomic E-state index is 2.48. The molecule has 3 aliphatic rings. The fourth-order valence-corrected chi connectivity index (χ4v) is 3.34. The standard InChI is InChI=1S/C16H13/c1-2-6-12-11(5-1)15-9-10-16(12)14-8-4-3-7-13(14)15/h1-9,15-16H,10H2. The van der Waals surface area contributed by atoms with Gasteiger partial charge in [0.05, 0.1) is 0 Å². The second-order valence-corrected chi connectivity index (χ2v) is 4.76. The van der Waals surface area contributed by atoms with Crippen LogP contribution in [0.25, 0.3) is 0 Å². The fraction of sp³-hybridized carbons (Fsp3) is 0.188. The van der Waals surface area contributed by atoms with Gasteiger partial charge in [-0.3, -0.25) is 0 Å². The monoisotopic (exact) mass is 205 g/mol. The van der Waals surface area contributed by atoms with Gasteiger partial charge in [0.1, 0.15) is 0 Å². The van der Waals surface area contributed by atoms with E-state index in [9.17, 15) is 0 Å². The Labute approximate surface area is 95.9 Å². The highest BCUT2D eigenvalue weighted by Crippen LogP contribution is 2.51. The average molecular weight is 205 g/mol. The van der Waals surface area contributed by atoms with E-state index in [2.05, 4.69) is 55.0 Å². The minimum absolute atomic E-state index is 0.539. The van der Waals surface area contributed by atoms with Gasteiger partial charge in [0.2, 0.25) is 0 Å². The van der Waals surface area contributed by atoms with Crippen molar-refractivity contribution in [1.82, 2.24) is 0 Å². The Balaban J connectivity index is 2.04. The summed E-state index contributed by atoms with van der Waals surface area (Å²) in [6.07, 6.45) is 3.69. The molecule has 0 unspecified atom stereocenters. The zero-order valence-corrected chi connectivity index (χ0v) is 9.06. The van der Waals surface area contributed by atoms with E-state index in [1.165, 1.54) is 17.5 Å². The fourth-order valence-electron chi connectivity index (χ4n) is 3.34. The van der Waals surface area contributed by atoms with Crippen LogP contribution in [0, 0.1) is 6.42 Å². The van der Waals surface area contributed by atoms with Crippen molar-refractivity contribution in [3.8, 4) is 0 Å². The molecule has 0 aromatic heterocycles. The molecule has 16 heavy (non-hydrogen) atoms. The predicted molar refractivity (Wildman–Crippen MR) is 65.5 cm³/mol. The molecule has 0 atom stereocenters. The summed E-state index contributed by atoms with van der Waals surface area (Å²) in [6, 6.07) is 17.8. The maximum Gasteiger partial charge on any atom is 0.0127 e. The molecule has 0 amide bonds. The van der Waals surface area contributed by atoms with Gasteiger partial charge in [-0.2, -0.15) is 0 Å². The molecular formula is C16H13. The van der Waals surface area contributed by atoms with E-state index in [1.54, 1.807) is 11.1 Å². The molecule has 0 aliphatic heterocycles. The highest BCUT2D eigenvalue weighted by molar-refractivity contribution is 5.57. The van der Waals surface area contributed by atoms with Gasteiger partial charge in [-0.15, -0.1) is 0 Å². The lowest BCUT2D eigenvalue weighted by Gasteiger charge is -2.40. The predicted octanol–water partition coefficient (Wildman–Crippen LogP) is 3.87. The van der Waals surface area contributed by atoms with E-state index in [0.717, 1.165) is 0 Å². The highest BCUT2D eigenvalue weighted by atomic mass is 14.4. The molecule has 0 spiro atoms. The van der Waals surface area contributed by atoms with E-state index in [-0.39, 0.29) is 0 Å². The first-order chi connectivity index (χ1) is 7.95. The molecule has 3 aliphatic carbocycles. The minimum atomic E-state index is 0.539. The van der Waals surface area contributed by atoms with Crippen LogP contribution < -0.4 is 0 Å². The van der Waals surface area contributed by atoms with E-state index in [4.69, 9.17) is 0 Å². The summed E-state index contributed by atoms with van der Waals surface area (Å²) in [5, 5.41) is 0. The molecule has 77 valence electrons. The first-order valence-electron chi connectivity index (χ1n) is 5.96. The van der Waals surface area contributed by atoms with E-state index in [0.29, 0.717) is 11.8 Å². The smallest absolute Gasteiger partial charge is 0.0127 e. The van der Waals surface area contributed by atoms with Crippen LogP contribution in [0.4, 0.5) is 0 Å². The van der Waals surface area contributed by atoms with Crippen LogP contribution in [0.2, 0.25) is 0 Å². The van der Waals surface area contributed by atoms with Gasteiger partial charge in [-0.05, 0) is 35.1 Å². The van der Waals surface area contributed by atoms with E-state index >= 15 is 0 Å². The molecule has 0 heteroatoms. The summed E-state index contributed by atoms with van der Waals surface area (Å²) in [5.41, 5.74) is 6.15. The summed E-state index contributed by atoms with van der Waals surface area (Å²) < 4.78 is 0. The Hall–Kier alpha value is -1.56. The number of hydrogen-bond donors (Lipinski definition) is 0. The molecule has 0 fully saturated rings. The first kappa shape index (κ1) is 8.58. The van der Waals surface area contributed by atoms with Crippen LogP contribution in [-0.2, 0) is 0 Å². The summed E-state index contributed by atoms with van der Waals surface area (Å²) in [7, 11) is 0. The van der Waals surface area contributed by atoms with Gasteiger partial charge in [0.15, 0.2) is 0 Å². The Morgan fingerprint density at radius 3 is 1.75 bits per heavy atom. The molecule has 1 radical (unpaired) electrons. The zero-order valence-electron chi connectivity index (χ0n) is 9.06. The van der Waals surface area contributed by atoms with Crippen molar-refractivity contribution in [2.24, 2.45) is 0 Å². The molecule has 5 rings (SSSR count). The van der Waals surface area contributed by atoms with Crippen molar-refractivity contribution >= 4 is 0 Å². The lowest BCUT2D eigenvalue weighted by atomic mass is 9.64. The molecule has 0 nitrogen and oxygen atoms in total. The Morgan fingerprint density at radius 1 is 0.688 bits per heavy atom. The minimum Gasteiger partial charge on any atom is -0.0620 e. The zero-order chi connectivity index (χ0) is 10.5. The van der Waals surface area contributed by atoms with E-state index < -0.39 is 0 Å². The van der Waals surface area contributed by atoms with Gasteiger partial charge < -0.3 is 0 Å². The first-order valence-corrected chi connectivity index (χ1v) is 5.96. The van der Waals surface area contributed by atoms with Gasteiger partial charge in [0.25, 0.3) is 0 Å². The highest BCUT2D eigenvalue weighted by Gasteiger charge is 2.36. The lowest BCUT2D eigenvalue weighted by molar-refractivity contribution is 0.626. The van der Waals surface area contributed by atoms with Crippen LogP contribution in [0.1, 0.15) is 40.5 Å². The molecule has 0 saturated heterocycles. The molecule has 2 aromatic rings. The Kier molecular flexibility index (Phi) is 1.59. The molecule has 2 bridgehead atoms. The van der Waals surface area contributed by atoms with Crippen molar-refractivity contribution < 1.29 is 0 Å². The number of benzene rings is 2. The van der Waals surface area contributed by atoms with E-state index in [1.807, 2.05) is 0 Å². The van der Waals surface area contributed by atoms with Crippen molar-refractivity contribution in [2.45, 2.75) is 18.3 Å². The Morgan fingerprint density at radius 2 is 1.19 bits per heavy atom. The normalized spacial score (nSPS) is 25.0. The summed E-state index contributed by atoms with van der Waals surface area (Å²) in [4.78, 5) is 0. The van der Waals surface area contributed by atoms with Crippen LogP contribution in [0.5, 0.6) is 0 Å². The number of fused-ring (bicyclic) bond motifs is 1. The summed E-state index contributed by atoms with van der Waals surface area (Å²) in [5.74, 6) is 1.15. The maximum atomic E-state index is 2.48. The second kappa shape index (κ2) is 2.98. The topological polar surface area (TPSA) is 0 Å². The van der Waals surface area contributed by atoms with Crippen molar-refractivity contribution in [2.75, 3.05) is 0 Å². The molecular weight excluding hydrogens is 192 g/mol. The SMILES string of the molecule is [CH]1CC2c3ccccc3C1c1ccccc12. The third kappa shape index (κ3) is 0.948. The Bertz CT molecular complexity index is 456. The van der Waals surface area contributed by atoms with Crippen LogP contribution in [0.3, 0.4) is 0 Å². The summed E-state index contributed by atoms with van der Waals surface area (Å²) in [6.45, 7) is 0.